The molecule has 9 nitrogen and oxygen atoms in total. The number of amides is 2. The highest BCUT2D eigenvalue weighted by molar-refractivity contribution is 5.85. The SMILES string of the molecule is CCN1CC(=O)N2[C@H](C[C@@H](C(=O)NCC3CCOCC3)[C@H]2c2ccc(OC)cc2)C1.O=CO. The molecule has 2 amide bonds. The number of nitrogens with one attached hydrogen (secondary N) is 1. The highest BCUT2D eigenvalue weighted by Gasteiger charge is 2.49. The first-order chi connectivity index (χ1) is 16.0. The van der Waals surface area contributed by atoms with Gasteiger partial charge >= 0.3 is 0 Å². The number of benzene rings is 1. The predicted molar refractivity (Wildman–Crippen MR) is 122 cm³/mol. The molecule has 4 rings (SSSR count). The van der Waals surface area contributed by atoms with Gasteiger partial charge in [-0.05, 0) is 49.4 Å². The lowest BCUT2D eigenvalue weighted by molar-refractivity contribution is -0.140. The van der Waals surface area contributed by atoms with Crippen LogP contribution in [-0.4, -0.2) is 85.7 Å². The molecule has 33 heavy (non-hydrogen) atoms. The van der Waals surface area contributed by atoms with Crippen molar-refractivity contribution in [3.63, 3.8) is 0 Å². The van der Waals surface area contributed by atoms with E-state index in [9.17, 15) is 9.59 Å². The molecule has 0 aromatic heterocycles. The van der Waals surface area contributed by atoms with E-state index >= 15 is 0 Å². The summed E-state index contributed by atoms with van der Waals surface area (Å²) in [5, 5.41) is 10.1. The van der Waals surface area contributed by atoms with Crippen molar-refractivity contribution in [2.75, 3.05) is 46.5 Å². The lowest BCUT2D eigenvalue weighted by atomic mass is 9.91. The largest absolute Gasteiger partial charge is 0.497 e. The van der Waals surface area contributed by atoms with Crippen LogP contribution < -0.4 is 10.1 Å². The number of carbonyl (C=O) groups excluding carboxylic acids is 2. The van der Waals surface area contributed by atoms with E-state index in [1.54, 1.807) is 7.11 Å². The number of rotatable bonds is 6. The smallest absolute Gasteiger partial charge is 0.290 e. The van der Waals surface area contributed by atoms with E-state index in [1.165, 1.54) is 0 Å². The lowest BCUT2D eigenvalue weighted by Crippen LogP contribution is -2.54. The first-order valence-electron chi connectivity index (χ1n) is 11.6. The number of carbonyl (C=O) groups is 3. The number of ether oxygens (including phenoxy) is 2. The van der Waals surface area contributed by atoms with Crippen molar-refractivity contribution in [1.82, 2.24) is 15.1 Å². The Morgan fingerprint density at radius 3 is 2.55 bits per heavy atom. The summed E-state index contributed by atoms with van der Waals surface area (Å²) < 4.78 is 10.7. The molecule has 0 aliphatic carbocycles. The van der Waals surface area contributed by atoms with Crippen LogP contribution in [0.3, 0.4) is 0 Å². The van der Waals surface area contributed by atoms with E-state index < -0.39 is 0 Å². The van der Waals surface area contributed by atoms with Crippen LogP contribution in [0.25, 0.3) is 0 Å². The van der Waals surface area contributed by atoms with Crippen molar-refractivity contribution in [1.29, 1.82) is 0 Å². The van der Waals surface area contributed by atoms with Gasteiger partial charge in [0.15, 0.2) is 0 Å². The molecule has 0 bridgehead atoms. The van der Waals surface area contributed by atoms with Crippen molar-refractivity contribution < 1.29 is 29.0 Å². The van der Waals surface area contributed by atoms with Gasteiger partial charge in [0.2, 0.25) is 11.8 Å². The first kappa shape index (κ1) is 25.0. The van der Waals surface area contributed by atoms with Gasteiger partial charge < -0.3 is 24.8 Å². The second-order valence-corrected chi connectivity index (χ2v) is 8.75. The van der Waals surface area contributed by atoms with Gasteiger partial charge in [-0.15, -0.1) is 0 Å². The Balaban J connectivity index is 0.000000968. The Hall–Kier alpha value is -2.65. The van der Waals surface area contributed by atoms with Crippen molar-refractivity contribution in [2.24, 2.45) is 11.8 Å². The summed E-state index contributed by atoms with van der Waals surface area (Å²) in [4.78, 5) is 38.8. The third-order valence-corrected chi connectivity index (χ3v) is 6.86. The number of piperazine rings is 1. The minimum atomic E-state index is -0.250. The van der Waals surface area contributed by atoms with Gasteiger partial charge in [-0.2, -0.15) is 0 Å². The van der Waals surface area contributed by atoms with Gasteiger partial charge in [-0.1, -0.05) is 19.1 Å². The average Bonchev–Trinajstić information content (AvgIpc) is 3.24. The second kappa shape index (κ2) is 12.0. The molecule has 0 radical (unpaired) electrons. The highest BCUT2D eigenvalue weighted by Crippen LogP contribution is 2.43. The van der Waals surface area contributed by atoms with E-state index in [4.69, 9.17) is 19.4 Å². The molecule has 3 aliphatic heterocycles. The fourth-order valence-corrected chi connectivity index (χ4v) is 5.13. The van der Waals surface area contributed by atoms with Crippen LogP contribution in [-0.2, 0) is 19.1 Å². The van der Waals surface area contributed by atoms with Crippen LogP contribution in [0.1, 0.15) is 37.8 Å². The number of hydrogen-bond donors (Lipinski definition) is 2. The zero-order valence-electron chi connectivity index (χ0n) is 19.4. The van der Waals surface area contributed by atoms with Crippen LogP contribution >= 0.6 is 0 Å². The minimum absolute atomic E-state index is 0.0626. The number of nitrogens with zero attached hydrogens (tertiary/aromatic N) is 2. The van der Waals surface area contributed by atoms with E-state index in [0.29, 0.717) is 25.4 Å². The van der Waals surface area contributed by atoms with Gasteiger partial charge in [-0.3, -0.25) is 19.3 Å². The Kier molecular flexibility index (Phi) is 9.08. The summed E-state index contributed by atoms with van der Waals surface area (Å²) in [6.45, 7) is 6.18. The van der Waals surface area contributed by atoms with Crippen molar-refractivity contribution in [3.05, 3.63) is 29.8 Å². The van der Waals surface area contributed by atoms with E-state index in [0.717, 1.165) is 50.5 Å². The predicted octanol–water partition coefficient (Wildman–Crippen LogP) is 1.53. The van der Waals surface area contributed by atoms with Crippen molar-refractivity contribution >= 4 is 18.3 Å². The number of hydrogen-bond acceptors (Lipinski definition) is 6. The molecule has 3 saturated heterocycles. The monoisotopic (exact) mass is 461 g/mol. The van der Waals surface area contributed by atoms with Crippen LogP contribution in [0.2, 0.25) is 0 Å². The number of fused-ring (bicyclic) bond motifs is 1. The summed E-state index contributed by atoms with van der Waals surface area (Å²) in [6, 6.07) is 7.66. The highest BCUT2D eigenvalue weighted by atomic mass is 16.5. The van der Waals surface area contributed by atoms with Crippen LogP contribution in [0.4, 0.5) is 0 Å². The van der Waals surface area contributed by atoms with Gasteiger partial charge in [-0.25, -0.2) is 0 Å². The summed E-state index contributed by atoms with van der Waals surface area (Å²) >= 11 is 0. The number of methoxy groups -OCH3 is 1. The van der Waals surface area contributed by atoms with Gasteiger partial charge in [0.1, 0.15) is 5.75 Å². The Labute approximate surface area is 195 Å². The molecule has 1 aromatic rings. The molecular weight excluding hydrogens is 426 g/mol. The average molecular weight is 462 g/mol. The molecule has 0 unspecified atom stereocenters. The van der Waals surface area contributed by atoms with E-state index in [-0.39, 0.29) is 36.3 Å². The molecule has 0 spiro atoms. The topological polar surface area (TPSA) is 108 Å². The molecule has 9 heteroatoms. The Morgan fingerprint density at radius 2 is 1.94 bits per heavy atom. The molecule has 0 saturated carbocycles. The summed E-state index contributed by atoms with van der Waals surface area (Å²) in [6.07, 6.45) is 2.69. The zero-order valence-corrected chi connectivity index (χ0v) is 19.4. The standard InChI is InChI=1S/C23H33N3O4.CH2O2/c1-3-25-14-18-12-20(23(28)24-13-16-8-10-30-11-9-16)22(26(18)21(27)15-25)17-4-6-19(29-2)7-5-17;2-1-3/h4-7,16,18,20,22H,3,8-15H2,1-2H3,(H,24,28);1H,(H,2,3)/t18-,20-,22-;/m1./s1. The molecule has 3 aliphatic rings. The molecule has 1 aromatic carbocycles. The van der Waals surface area contributed by atoms with Crippen molar-refractivity contribution in [2.45, 2.75) is 38.3 Å². The minimum Gasteiger partial charge on any atom is -0.497 e. The van der Waals surface area contributed by atoms with Gasteiger partial charge in [0, 0.05) is 32.3 Å². The summed E-state index contributed by atoms with van der Waals surface area (Å²) in [7, 11) is 1.64. The van der Waals surface area contributed by atoms with Crippen LogP contribution in [0, 0.1) is 11.8 Å². The van der Waals surface area contributed by atoms with Crippen molar-refractivity contribution in [3.8, 4) is 5.75 Å². The molecule has 2 N–H and O–H groups in total. The maximum Gasteiger partial charge on any atom is 0.290 e. The Morgan fingerprint density at radius 1 is 1.27 bits per heavy atom. The molecule has 182 valence electrons. The maximum atomic E-state index is 13.3. The van der Waals surface area contributed by atoms with Crippen LogP contribution in [0.5, 0.6) is 5.75 Å². The molecular formula is C24H35N3O6. The molecule has 3 fully saturated rings. The third kappa shape index (κ3) is 6.03. The van der Waals surface area contributed by atoms with Gasteiger partial charge in [0.25, 0.3) is 6.47 Å². The zero-order chi connectivity index (χ0) is 23.8. The fraction of sp³-hybridized carbons (Fsp3) is 0.625. The summed E-state index contributed by atoms with van der Waals surface area (Å²) in [5.41, 5.74) is 1.00. The summed E-state index contributed by atoms with van der Waals surface area (Å²) in [5.74, 6) is 1.20. The van der Waals surface area contributed by atoms with E-state index in [1.807, 2.05) is 29.2 Å². The van der Waals surface area contributed by atoms with Gasteiger partial charge in [0.05, 0.1) is 25.6 Å². The quantitative estimate of drug-likeness (QED) is 0.619. The maximum absolute atomic E-state index is 13.3. The number of carboxylic acid groups (broad SMARTS) is 1. The molecule has 3 heterocycles. The second-order valence-electron chi connectivity index (χ2n) is 8.75. The third-order valence-electron chi connectivity index (χ3n) is 6.86. The number of likely N-dealkylation sites (N-methyl/N-ethyl adjacent to an activating group) is 1. The first-order valence-corrected chi connectivity index (χ1v) is 11.6. The molecule has 3 atom stereocenters. The lowest BCUT2D eigenvalue weighted by Gasteiger charge is -2.39. The Bertz CT molecular complexity index is 796. The fourth-order valence-electron chi connectivity index (χ4n) is 5.13. The van der Waals surface area contributed by atoms with Crippen LogP contribution in [0.15, 0.2) is 24.3 Å². The van der Waals surface area contributed by atoms with E-state index in [2.05, 4.69) is 17.1 Å². The normalized spacial score (nSPS) is 25.6.